The molecule has 0 aliphatic rings. The van der Waals surface area contributed by atoms with E-state index in [9.17, 15) is 9.59 Å². The highest BCUT2D eigenvalue weighted by Crippen LogP contribution is 2.11. The van der Waals surface area contributed by atoms with E-state index >= 15 is 0 Å². The van der Waals surface area contributed by atoms with Crippen LogP contribution in [0.2, 0.25) is 0 Å². The molecule has 1 amide bonds. The monoisotopic (exact) mass is 362 g/mol. The third-order valence-corrected chi connectivity index (χ3v) is 3.84. The number of pyridine rings is 2. The Morgan fingerprint density at radius 1 is 1.22 bits per heavy atom. The summed E-state index contributed by atoms with van der Waals surface area (Å²) in [6.07, 6.45) is 6.36. The standard InChI is InChI=1S/C20H18N4O3/c1-27-17-8-6-15(7-9-17)14-24-11-3-5-18(20(24)26)19(25)23-22-13-16-4-2-10-21-12-16/h2-13H,14H2,1H3,(H,23,25)/b22-13-. The normalized spacial score (nSPS) is 10.7. The molecule has 0 radical (unpaired) electrons. The van der Waals surface area contributed by atoms with Crippen LogP contribution < -0.4 is 15.7 Å². The first-order valence-electron chi connectivity index (χ1n) is 8.23. The zero-order valence-electron chi connectivity index (χ0n) is 14.7. The average Bonchev–Trinajstić information content (AvgIpc) is 2.71. The van der Waals surface area contributed by atoms with Crippen molar-refractivity contribution >= 4 is 12.1 Å². The van der Waals surface area contributed by atoms with Crippen LogP contribution in [0.1, 0.15) is 21.5 Å². The maximum atomic E-state index is 12.6. The predicted molar refractivity (Wildman–Crippen MR) is 102 cm³/mol. The summed E-state index contributed by atoms with van der Waals surface area (Å²) in [5.41, 5.74) is 3.66. The average molecular weight is 362 g/mol. The molecular weight excluding hydrogens is 344 g/mol. The molecule has 0 fully saturated rings. The molecule has 3 rings (SSSR count). The number of hydrogen-bond donors (Lipinski definition) is 1. The maximum absolute atomic E-state index is 12.6. The molecule has 0 aliphatic heterocycles. The van der Waals surface area contributed by atoms with E-state index in [1.54, 1.807) is 43.9 Å². The van der Waals surface area contributed by atoms with Crippen molar-refractivity contribution in [3.05, 3.63) is 94.2 Å². The summed E-state index contributed by atoms with van der Waals surface area (Å²) in [5.74, 6) is 0.176. The zero-order valence-corrected chi connectivity index (χ0v) is 14.7. The Kier molecular flexibility index (Phi) is 5.73. The summed E-state index contributed by atoms with van der Waals surface area (Å²) in [6, 6.07) is 14.1. The van der Waals surface area contributed by atoms with Crippen LogP contribution in [-0.4, -0.2) is 28.8 Å². The Bertz CT molecular complexity index is 996. The van der Waals surface area contributed by atoms with Crippen LogP contribution in [0.25, 0.3) is 0 Å². The van der Waals surface area contributed by atoms with Crippen LogP contribution in [0.15, 0.2) is 77.0 Å². The van der Waals surface area contributed by atoms with Crippen LogP contribution >= 0.6 is 0 Å². The van der Waals surface area contributed by atoms with E-state index in [-0.39, 0.29) is 11.1 Å². The minimum atomic E-state index is -0.566. The van der Waals surface area contributed by atoms with Gasteiger partial charge in [-0.1, -0.05) is 18.2 Å². The molecular formula is C20H18N4O3. The van der Waals surface area contributed by atoms with E-state index < -0.39 is 5.91 Å². The highest BCUT2D eigenvalue weighted by Gasteiger charge is 2.11. The van der Waals surface area contributed by atoms with E-state index in [2.05, 4.69) is 15.5 Å². The van der Waals surface area contributed by atoms with Gasteiger partial charge in [0, 0.05) is 24.2 Å². The van der Waals surface area contributed by atoms with Gasteiger partial charge in [-0.15, -0.1) is 0 Å². The van der Waals surface area contributed by atoms with Gasteiger partial charge in [-0.25, -0.2) is 5.43 Å². The minimum absolute atomic E-state index is 0.0225. The summed E-state index contributed by atoms with van der Waals surface area (Å²) in [7, 11) is 1.60. The fourth-order valence-corrected chi connectivity index (χ4v) is 2.44. The van der Waals surface area contributed by atoms with Gasteiger partial charge in [0.1, 0.15) is 11.3 Å². The second-order valence-electron chi connectivity index (χ2n) is 5.69. The van der Waals surface area contributed by atoms with Crippen LogP contribution in [-0.2, 0) is 6.54 Å². The molecule has 1 aromatic carbocycles. The number of rotatable bonds is 6. The lowest BCUT2D eigenvalue weighted by atomic mass is 10.2. The SMILES string of the molecule is COc1ccc(Cn2cccc(C(=O)N/N=C\c3cccnc3)c2=O)cc1. The van der Waals surface area contributed by atoms with Crippen molar-refractivity contribution in [1.29, 1.82) is 0 Å². The molecule has 136 valence electrons. The van der Waals surface area contributed by atoms with Crippen LogP contribution in [0, 0.1) is 0 Å². The number of aromatic nitrogens is 2. The Balaban J connectivity index is 1.72. The molecule has 27 heavy (non-hydrogen) atoms. The molecule has 2 heterocycles. The van der Waals surface area contributed by atoms with Gasteiger partial charge < -0.3 is 9.30 Å². The van der Waals surface area contributed by atoms with Gasteiger partial charge >= 0.3 is 0 Å². The number of ether oxygens (including phenoxy) is 1. The number of amides is 1. The first-order valence-corrected chi connectivity index (χ1v) is 8.23. The lowest BCUT2D eigenvalue weighted by Crippen LogP contribution is -2.30. The number of carbonyl (C=O) groups is 1. The van der Waals surface area contributed by atoms with E-state index in [4.69, 9.17) is 4.74 Å². The summed E-state index contributed by atoms with van der Waals surface area (Å²) in [6.45, 7) is 0.350. The third-order valence-electron chi connectivity index (χ3n) is 3.84. The minimum Gasteiger partial charge on any atom is -0.497 e. The fraction of sp³-hybridized carbons (Fsp3) is 0.100. The molecule has 2 aromatic heterocycles. The van der Waals surface area contributed by atoms with Crippen LogP contribution in [0.3, 0.4) is 0 Å². The molecule has 0 spiro atoms. The number of carbonyl (C=O) groups excluding carboxylic acids is 1. The van der Waals surface area contributed by atoms with Crippen molar-refractivity contribution in [3.63, 3.8) is 0 Å². The Labute approximate surface area is 156 Å². The number of benzene rings is 1. The van der Waals surface area contributed by atoms with Crippen LogP contribution in [0.4, 0.5) is 0 Å². The van der Waals surface area contributed by atoms with E-state index in [0.29, 0.717) is 6.54 Å². The van der Waals surface area contributed by atoms with E-state index in [1.807, 2.05) is 24.3 Å². The maximum Gasteiger partial charge on any atom is 0.276 e. The first-order chi connectivity index (χ1) is 13.2. The molecule has 7 nitrogen and oxygen atoms in total. The first kappa shape index (κ1) is 18.1. The summed E-state index contributed by atoms with van der Waals surface area (Å²) in [4.78, 5) is 28.8. The second kappa shape index (κ2) is 8.57. The van der Waals surface area contributed by atoms with Crippen molar-refractivity contribution in [1.82, 2.24) is 15.0 Å². The molecule has 0 unspecified atom stereocenters. The number of nitrogens with one attached hydrogen (secondary N) is 1. The topological polar surface area (TPSA) is 85.6 Å². The molecule has 0 saturated carbocycles. The highest BCUT2D eigenvalue weighted by molar-refractivity contribution is 5.94. The van der Waals surface area contributed by atoms with Gasteiger partial charge in [-0.2, -0.15) is 5.10 Å². The lowest BCUT2D eigenvalue weighted by Gasteiger charge is -2.08. The quantitative estimate of drug-likeness (QED) is 0.537. The summed E-state index contributed by atoms with van der Waals surface area (Å²) in [5, 5.41) is 3.87. The smallest absolute Gasteiger partial charge is 0.276 e. The number of hydrazone groups is 1. The van der Waals surface area contributed by atoms with Crippen molar-refractivity contribution in [2.24, 2.45) is 5.10 Å². The molecule has 1 N–H and O–H groups in total. The largest absolute Gasteiger partial charge is 0.497 e. The predicted octanol–water partition coefficient (Wildman–Crippen LogP) is 2.06. The van der Waals surface area contributed by atoms with E-state index in [0.717, 1.165) is 16.9 Å². The highest BCUT2D eigenvalue weighted by atomic mass is 16.5. The van der Waals surface area contributed by atoms with Crippen LogP contribution in [0.5, 0.6) is 5.75 Å². The van der Waals surface area contributed by atoms with Crippen molar-refractivity contribution < 1.29 is 9.53 Å². The Morgan fingerprint density at radius 2 is 2.04 bits per heavy atom. The molecule has 3 aromatic rings. The van der Waals surface area contributed by atoms with Gasteiger partial charge in [-0.3, -0.25) is 14.6 Å². The van der Waals surface area contributed by atoms with Gasteiger partial charge in [0.05, 0.1) is 19.9 Å². The molecule has 7 heteroatoms. The molecule has 0 atom stereocenters. The third kappa shape index (κ3) is 4.66. The number of methoxy groups -OCH3 is 1. The van der Waals surface area contributed by atoms with Gasteiger partial charge in [0.25, 0.3) is 11.5 Å². The molecule has 0 saturated heterocycles. The number of nitrogens with zero attached hydrogens (tertiary/aromatic N) is 3. The molecule has 0 aliphatic carbocycles. The zero-order chi connectivity index (χ0) is 19.1. The molecule has 0 bridgehead atoms. The van der Waals surface area contributed by atoms with Crippen molar-refractivity contribution in [2.45, 2.75) is 6.54 Å². The lowest BCUT2D eigenvalue weighted by molar-refractivity contribution is 0.0953. The fourth-order valence-electron chi connectivity index (χ4n) is 2.44. The van der Waals surface area contributed by atoms with Crippen molar-refractivity contribution in [2.75, 3.05) is 7.11 Å². The van der Waals surface area contributed by atoms with Gasteiger partial charge in [-0.05, 0) is 35.9 Å². The van der Waals surface area contributed by atoms with E-state index in [1.165, 1.54) is 16.8 Å². The number of hydrogen-bond acceptors (Lipinski definition) is 5. The summed E-state index contributed by atoms with van der Waals surface area (Å²) < 4.78 is 6.60. The second-order valence-corrected chi connectivity index (χ2v) is 5.69. The Morgan fingerprint density at radius 3 is 2.74 bits per heavy atom. The van der Waals surface area contributed by atoms with Gasteiger partial charge in [0.15, 0.2) is 0 Å². The van der Waals surface area contributed by atoms with Gasteiger partial charge in [0.2, 0.25) is 0 Å². The van der Waals surface area contributed by atoms with Crippen molar-refractivity contribution in [3.8, 4) is 5.75 Å². The Hall–Kier alpha value is -3.74. The summed E-state index contributed by atoms with van der Waals surface area (Å²) >= 11 is 0.